The molecule has 0 amide bonds. The third-order valence-corrected chi connectivity index (χ3v) is 4.52. The SMILES string of the molecule is CCCOc1nc(-c2ccc(Cl)cc2Cl)n(C(=O)C(C)(C)CCl)n1. The molecule has 8 heteroatoms. The summed E-state index contributed by atoms with van der Waals surface area (Å²) >= 11 is 18.1. The van der Waals surface area contributed by atoms with Crippen molar-refractivity contribution >= 4 is 40.7 Å². The molecular weight excluding hydrogens is 373 g/mol. The van der Waals surface area contributed by atoms with Gasteiger partial charge < -0.3 is 4.74 Å². The molecule has 0 fully saturated rings. The van der Waals surface area contributed by atoms with E-state index in [2.05, 4.69) is 10.1 Å². The number of carbonyl (C=O) groups excluding carboxylic acids is 1. The second-order valence-electron chi connectivity index (χ2n) is 5.93. The Labute approximate surface area is 155 Å². The largest absolute Gasteiger partial charge is 0.462 e. The van der Waals surface area contributed by atoms with Gasteiger partial charge in [0, 0.05) is 16.5 Å². The first kappa shape index (κ1) is 19.0. The summed E-state index contributed by atoms with van der Waals surface area (Å²) < 4.78 is 6.66. The second-order valence-corrected chi connectivity index (χ2v) is 7.04. The lowest BCUT2D eigenvalue weighted by molar-refractivity contribution is 0.0753. The summed E-state index contributed by atoms with van der Waals surface area (Å²) in [6.07, 6.45) is 0.798. The fourth-order valence-electron chi connectivity index (χ4n) is 1.88. The lowest BCUT2D eigenvalue weighted by Crippen LogP contribution is -2.32. The van der Waals surface area contributed by atoms with Crippen LogP contribution < -0.4 is 4.74 Å². The number of ether oxygens (including phenoxy) is 1. The summed E-state index contributed by atoms with van der Waals surface area (Å²) in [7, 11) is 0. The maximum Gasteiger partial charge on any atom is 0.336 e. The maximum absolute atomic E-state index is 12.8. The van der Waals surface area contributed by atoms with E-state index in [1.807, 2.05) is 6.92 Å². The summed E-state index contributed by atoms with van der Waals surface area (Å²) in [6, 6.07) is 5.07. The van der Waals surface area contributed by atoms with Crippen molar-refractivity contribution in [3.63, 3.8) is 0 Å². The molecule has 2 rings (SSSR count). The van der Waals surface area contributed by atoms with Crippen LogP contribution in [-0.4, -0.2) is 33.2 Å². The fourth-order valence-corrected chi connectivity index (χ4v) is 2.49. The van der Waals surface area contributed by atoms with Gasteiger partial charge in [0.1, 0.15) is 0 Å². The van der Waals surface area contributed by atoms with Crippen LogP contribution >= 0.6 is 34.8 Å². The summed E-state index contributed by atoms with van der Waals surface area (Å²) in [5.74, 6) is 0.147. The molecule has 0 bridgehead atoms. The second kappa shape index (κ2) is 7.72. The average Bonchev–Trinajstić information content (AvgIpc) is 2.95. The van der Waals surface area contributed by atoms with Gasteiger partial charge in [0.2, 0.25) is 0 Å². The molecular formula is C16H18Cl3N3O2. The van der Waals surface area contributed by atoms with Gasteiger partial charge in [-0.25, -0.2) is 0 Å². The quantitative estimate of drug-likeness (QED) is 0.655. The molecule has 0 unspecified atom stereocenters. The van der Waals surface area contributed by atoms with E-state index in [9.17, 15) is 4.79 Å². The number of alkyl halides is 1. The monoisotopic (exact) mass is 389 g/mol. The molecule has 0 saturated carbocycles. The molecule has 0 spiro atoms. The maximum atomic E-state index is 12.8. The van der Waals surface area contributed by atoms with Crippen molar-refractivity contribution < 1.29 is 9.53 Å². The highest BCUT2D eigenvalue weighted by molar-refractivity contribution is 6.36. The first-order valence-corrected chi connectivity index (χ1v) is 8.75. The Bertz CT molecular complexity index is 744. The van der Waals surface area contributed by atoms with E-state index in [4.69, 9.17) is 39.5 Å². The average molecular weight is 391 g/mol. The van der Waals surface area contributed by atoms with Gasteiger partial charge in [0.15, 0.2) is 5.82 Å². The number of hydrogen-bond acceptors (Lipinski definition) is 4. The number of carbonyl (C=O) groups is 1. The van der Waals surface area contributed by atoms with Crippen molar-refractivity contribution in [3.05, 3.63) is 28.2 Å². The topological polar surface area (TPSA) is 57.0 Å². The predicted molar refractivity (Wildman–Crippen MR) is 96.4 cm³/mol. The van der Waals surface area contributed by atoms with E-state index in [-0.39, 0.29) is 17.8 Å². The molecule has 1 aromatic carbocycles. The molecule has 2 aromatic rings. The minimum Gasteiger partial charge on any atom is -0.462 e. The van der Waals surface area contributed by atoms with Gasteiger partial charge >= 0.3 is 6.01 Å². The van der Waals surface area contributed by atoms with Gasteiger partial charge in [-0.2, -0.15) is 9.67 Å². The first-order chi connectivity index (χ1) is 11.3. The molecule has 0 aliphatic carbocycles. The standard InChI is InChI=1S/C16H18Cl3N3O2/c1-4-7-24-15-20-13(11-6-5-10(18)8-12(11)19)22(21-15)14(23)16(2,3)9-17/h5-6,8H,4,7,9H2,1-3H3. The van der Waals surface area contributed by atoms with Crippen molar-refractivity contribution in [1.82, 2.24) is 14.8 Å². The molecule has 5 nitrogen and oxygen atoms in total. The van der Waals surface area contributed by atoms with Crippen LogP contribution in [0.5, 0.6) is 6.01 Å². The Hall–Kier alpha value is -1.30. The van der Waals surface area contributed by atoms with Crippen molar-refractivity contribution in [2.75, 3.05) is 12.5 Å². The van der Waals surface area contributed by atoms with Crippen LogP contribution in [-0.2, 0) is 0 Å². The van der Waals surface area contributed by atoms with Gasteiger partial charge in [-0.3, -0.25) is 4.79 Å². The Morgan fingerprint density at radius 1 is 1.33 bits per heavy atom. The molecule has 0 aliphatic heterocycles. The smallest absolute Gasteiger partial charge is 0.336 e. The van der Waals surface area contributed by atoms with Gasteiger partial charge in [0.05, 0.1) is 17.0 Å². The summed E-state index contributed by atoms with van der Waals surface area (Å²) in [5, 5.41) is 5.05. The Balaban J connectivity index is 2.56. The molecule has 0 N–H and O–H groups in total. The Morgan fingerprint density at radius 3 is 2.62 bits per heavy atom. The number of nitrogens with zero attached hydrogens (tertiary/aromatic N) is 3. The Kier molecular flexibility index (Phi) is 6.12. The zero-order valence-corrected chi connectivity index (χ0v) is 15.9. The minimum atomic E-state index is -0.815. The number of rotatable bonds is 6. The van der Waals surface area contributed by atoms with Crippen LogP contribution in [0.3, 0.4) is 0 Å². The number of benzene rings is 1. The van der Waals surface area contributed by atoms with Crippen LogP contribution in [0.2, 0.25) is 10.0 Å². The van der Waals surface area contributed by atoms with E-state index >= 15 is 0 Å². The Morgan fingerprint density at radius 2 is 2.04 bits per heavy atom. The van der Waals surface area contributed by atoms with Crippen LogP contribution in [0, 0.1) is 5.41 Å². The summed E-state index contributed by atoms with van der Waals surface area (Å²) in [6.45, 7) is 5.90. The van der Waals surface area contributed by atoms with Crippen molar-refractivity contribution in [3.8, 4) is 17.4 Å². The van der Waals surface area contributed by atoms with E-state index in [0.29, 0.717) is 28.0 Å². The van der Waals surface area contributed by atoms with Crippen LogP contribution in [0.25, 0.3) is 11.4 Å². The molecule has 1 aromatic heterocycles. The molecule has 24 heavy (non-hydrogen) atoms. The molecule has 0 radical (unpaired) electrons. The lowest BCUT2D eigenvalue weighted by atomic mass is 9.95. The van der Waals surface area contributed by atoms with Crippen LogP contribution in [0.4, 0.5) is 0 Å². The van der Waals surface area contributed by atoms with Crippen molar-refractivity contribution in [1.29, 1.82) is 0 Å². The number of hydrogen-bond donors (Lipinski definition) is 0. The summed E-state index contributed by atoms with van der Waals surface area (Å²) in [5.41, 5.74) is -0.274. The molecule has 0 saturated heterocycles. The van der Waals surface area contributed by atoms with Gasteiger partial charge in [-0.05, 0) is 38.5 Å². The first-order valence-electron chi connectivity index (χ1n) is 7.46. The van der Waals surface area contributed by atoms with E-state index in [1.54, 1.807) is 32.0 Å². The normalized spacial score (nSPS) is 11.6. The zero-order chi connectivity index (χ0) is 17.9. The third kappa shape index (κ3) is 4.02. The predicted octanol–water partition coefficient (Wildman–Crippen LogP) is 4.95. The highest BCUT2D eigenvalue weighted by Gasteiger charge is 2.32. The molecule has 1 heterocycles. The van der Waals surface area contributed by atoms with E-state index in [1.165, 1.54) is 4.68 Å². The van der Waals surface area contributed by atoms with E-state index in [0.717, 1.165) is 6.42 Å². The van der Waals surface area contributed by atoms with E-state index < -0.39 is 5.41 Å². The molecule has 0 atom stereocenters. The van der Waals surface area contributed by atoms with Crippen LogP contribution in [0.1, 0.15) is 32.0 Å². The highest BCUT2D eigenvalue weighted by Crippen LogP contribution is 2.32. The fraction of sp³-hybridized carbons (Fsp3) is 0.438. The zero-order valence-electron chi connectivity index (χ0n) is 13.6. The summed E-state index contributed by atoms with van der Waals surface area (Å²) in [4.78, 5) is 17.1. The highest BCUT2D eigenvalue weighted by atomic mass is 35.5. The molecule has 0 aliphatic rings. The number of aromatic nitrogens is 3. The van der Waals surface area contributed by atoms with Gasteiger partial charge in [-0.1, -0.05) is 30.1 Å². The minimum absolute atomic E-state index is 0.122. The number of halogens is 3. The van der Waals surface area contributed by atoms with Crippen molar-refractivity contribution in [2.24, 2.45) is 5.41 Å². The van der Waals surface area contributed by atoms with Gasteiger partial charge in [-0.15, -0.1) is 16.7 Å². The van der Waals surface area contributed by atoms with Crippen molar-refractivity contribution in [2.45, 2.75) is 27.2 Å². The third-order valence-electron chi connectivity index (χ3n) is 3.30. The van der Waals surface area contributed by atoms with Gasteiger partial charge in [0.25, 0.3) is 5.91 Å². The van der Waals surface area contributed by atoms with Crippen LogP contribution in [0.15, 0.2) is 18.2 Å². The molecule has 130 valence electrons. The lowest BCUT2D eigenvalue weighted by Gasteiger charge is -2.19.